The summed E-state index contributed by atoms with van der Waals surface area (Å²) in [5, 5.41) is 19.9. The summed E-state index contributed by atoms with van der Waals surface area (Å²) in [5.74, 6) is 0.740. The number of nitrogens with one attached hydrogen (secondary N) is 1. The highest BCUT2D eigenvalue weighted by Gasteiger charge is 2.11. The summed E-state index contributed by atoms with van der Waals surface area (Å²) in [6, 6.07) is 11.9. The van der Waals surface area contributed by atoms with Gasteiger partial charge in [0.2, 0.25) is 0 Å². The van der Waals surface area contributed by atoms with Crippen molar-refractivity contribution in [1.29, 1.82) is 10.5 Å². The van der Waals surface area contributed by atoms with Crippen LogP contribution in [-0.4, -0.2) is 7.05 Å². The zero-order valence-electron chi connectivity index (χ0n) is 14.9. The first kappa shape index (κ1) is 21.2. The third-order valence-corrected chi connectivity index (χ3v) is 3.57. The summed E-state index contributed by atoms with van der Waals surface area (Å²) in [6.45, 7) is 5.10. The lowest BCUT2D eigenvalue weighted by Gasteiger charge is -2.17. The van der Waals surface area contributed by atoms with Crippen molar-refractivity contribution in [1.82, 2.24) is 5.32 Å². The van der Waals surface area contributed by atoms with E-state index in [1.54, 1.807) is 0 Å². The lowest BCUT2D eigenvalue weighted by atomic mass is 9.87. The van der Waals surface area contributed by atoms with Crippen molar-refractivity contribution >= 4 is 0 Å². The average molecular weight is 313 g/mol. The number of benzene rings is 1. The lowest BCUT2D eigenvalue weighted by molar-refractivity contribution is 0.364. The Morgan fingerprint density at radius 1 is 1.04 bits per heavy atom. The second-order valence-corrected chi connectivity index (χ2v) is 5.91. The van der Waals surface area contributed by atoms with E-state index in [1.807, 2.05) is 31.3 Å². The Morgan fingerprint density at radius 3 is 2.04 bits per heavy atom. The van der Waals surface area contributed by atoms with Crippen molar-refractivity contribution < 1.29 is 0 Å². The Bertz CT molecular complexity index is 459. The molecule has 3 nitrogen and oxygen atoms in total. The third-order valence-electron chi connectivity index (χ3n) is 3.57. The van der Waals surface area contributed by atoms with E-state index < -0.39 is 0 Å². The minimum atomic E-state index is 0.713. The van der Waals surface area contributed by atoms with E-state index >= 15 is 0 Å². The van der Waals surface area contributed by atoms with Gasteiger partial charge in [0.05, 0.1) is 17.7 Å². The first-order valence-electron chi connectivity index (χ1n) is 8.72. The van der Waals surface area contributed by atoms with Gasteiger partial charge < -0.3 is 5.32 Å². The van der Waals surface area contributed by atoms with Gasteiger partial charge in [-0.15, -0.1) is 0 Å². The predicted molar refractivity (Wildman–Crippen MR) is 96.7 cm³/mol. The highest BCUT2D eigenvalue weighted by Crippen LogP contribution is 2.25. The molecule has 0 amide bonds. The molecule has 0 unspecified atom stereocenters. The number of rotatable bonds is 3. The van der Waals surface area contributed by atoms with Crippen LogP contribution < -0.4 is 5.32 Å². The number of nitriles is 2. The molecule has 1 fully saturated rings. The second kappa shape index (κ2) is 15.1. The second-order valence-electron chi connectivity index (χ2n) is 5.91. The molecule has 0 heterocycles. The molecule has 126 valence electrons. The van der Waals surface area contributed by atoms with Crippen LogP contribution in [0.4, 0.5) is 0 Å². The molecule has 1 N–H and O–H groups in total. The van der Waals surface area contributed by atoms with Crippen molar-refractivity contribution in [3.05, 3.63) is 35.4 Å². The smallest absolute Gasteiger partial charge is 0.0991 e. The fraction of sp³-hybridized carbons (Fsp3) is 0.600. The van der Waals surface area contributed by atoms with Crippen LogP contribution in [0.3, 0.4) is 0 Å². The summed E-state index contributed by atoms with van der Waals surface area (Å²) in [5.41, 5.74) is 1.91. The summed E-state index contributed by atoms with van der Waals surface area (Å²) in [6.07, 6.45) is 8.74. The highest BCUT2D eigenvalue weighted by atomic mass is 14.8. The van der Waals surface area contributed by atoms with Gasteiger partial charge in [-0.1, -0.05) is 51.7 Å². The normalized spacial score (nSPS) is 13.4. The maximum Gasteiger partial charge on any atom is 0.0991 e. The van der Waals surface area contributed by atoms with Crippen LogP contribution in [0.1, 0.15) is 69.9 Å². The molecule has 0 atom stereocenters. The van der Waals surface area contributed by atoms with Gasteiger partial charge in [-0.05, 0) is 43.5 Å². The molecule has 0 saturated heterocycles. The Morgan fingerprint density at radius 2 is 1.61 bits per heavy atom. The Labute approximate surface area is 142 Å². The fourth-order valence-corrected chi connectivity index (χ4v) is 2.42. The molecule has 1 aromatic carbocycles. The molecule has 1 aliphatic carbocycles. The molecule has 1 aliphatic rings. The number of hydrogen-bond donors (Lipinski definition) is 1. The molecule has 0 spiro atoms. The van der Waals surface area contributed by atoms with Crippen molar-refractivity contribution in [2.45, 2.75) is 65.3 Å². The third kappa shape index (κ3) is 11.4. The molecule has 2 rings (SSSR count). The minimum Gasteiger partial charge on any atom is -0.316 e. The zero-order valence-corrected chi connectivity index (χ0v) is 14.9. The topological polar surface area (TPSA) is 59.6 Å². The van der Waals surface area contributed by atoms with Gasteiger partial charge in [-0.2, -0.15) is 10.5 Å². The molecule has 0 radical (unpaired) electrons. The number of hydrogen-bond acceptors (Lipinski definition) is 3. The van der Waals surface area contributed by atoms with Crippen LogP contribution in [0, 0.1) is 28.6 Å². The van der Waals surface area contributed by atoms with Gasteiger partial charge in [0, 0.05) is 13.0 Å². The molecule has 0 aliphatic heterocycles. The fourth-order valence-electron chi connectivity index (χ4n) is 2.42. The lowest BCUT2D eigenvalue weighted by Crippen LogP contribution is -2.04. The average Bonchev–Trinajstić information content (AvgIpc) is 2.58. The van der Waals surface area contributed by atoms with Gasteiger partial charge in [-0.3, -0.25) is 0 Å². The molecule has 23 heavy (non-hydrogen) atoms. The first-order chi connectivity index (χ1) is 11.2. The maximum absolute atomic E-state index is 8.49. The van der Waals surface area contributed by atoms with E-state index in [-0.39, 0.29) is 0 Å². The molecule has 3 heteroatoms. The van der Waals surface area contributed by atoms with Crippen LogP contribution in [0.15, 0.2) is 24.3 Å². The van der Waals surface area contributed by atoms with Crippen LogP contribution in [-0.2, 0) is 6.54 Å². The van der Waals surface area contributed by atoms with E-state index in [9.17, 15) is 0 Å². The molecule has 1 saturated carbocycles. The van der Waals surface area contributed by atoms with Crippen LogP contribution in [0.25, 0.3) is 0 Å². The summed E-state index contributed by atoms with van der Waals surface area (Å²) in [4.78, 5) is 0. The molecular formula is C20H31N3. The molecule has 1 aromatic rings. The van der Waals surface area contributed by atoms with Gasteiger partial charge in [0.25, 0.3) is 0 Å². The molecular weight excluding hydrogens is 282 g/mol. The van der Waals surface area contributed by atoms with Crippen molar-refractivity contribution in [2.24, 2.45) is 5.92 Å². The quantitative estimate of drug-likeness (QED) is 0.837. The molecule has 0 aromatic heterocycles. The summed E-state index contributed by atoms with van der Waals surface area (Å²) < 4.78 is 0. The van der Waals surface area contributed by atoms with E-state index in [0.717, 1.165) is 18.9 Å². The van der Waals surface area contributed by atoms with Crippen molar-refractivity contribution in [3.8, 4) is 12.1 Å². The van der Waals surface area contributed by atoms with Crippen molar-refractivity contribution in [3.63, 3.8) is 0 Å². The predicted octanol–water partition coefficient (Wildman–Crippen LogP) is 5.17. The van der Waals surface area contributed by atoms with E-state index in [4.69, 9.17) is 10.5 Å². The Kier molecular flexibility index (Phi) is 13.9. The van der Waals surface area contributed by atoms with Gasteiger partial charge in [-0.25, -0.2) is 0 Å². The van der Waals surface area contributed by atoms with Gasteiger partial charge >= 0.3 is 0 Å². The largest absolute Gasteiger partial charge is 0.316 e. The van der Waals surface area contributed by atoms with Crippen LogP contribution >= 0.6 is 0 Å². The van der Waals surface area contributed by atoms with Crippen molar-refractivity contribution in [2.75, 3.05) is 7.05 Å². The van der Waals surface area contributed by atoms with Crippen LogP contribution in [0.2, 0.25) is 0 Å². The first-order valence-corrected chi connectivity index (χ1v) is 8.72. The van der Waals surface area contributed by atoms with Gasteiger partial charge in [0.15, 0.2) is 0 Å². The number of nitrogens with zero attached hydrogens (tertiary/aromatic N) is 2. The maximum atomic E-state index is 8.49. The monoisotopic (exact) mass is 313 g/mol. The van der Waals surface area contributed by atoms with E-state index in [1.165, 1.54) is 44.1 Å². The Hall–Kier alpha value is -1.84. The standard InChI is InChI=1S/C9H10N2.C8H13N.C3H8/c1-11-7-9-4-2-8(6-10)3-5-9;9-7-6-8-4-2-1-3-5-8;1-3-2/h2-5,11H,7H2,1H3;8H,1-6H2;3H2,1-2H3. The summed E-state index contributed by atoms with van der Waals surface area (Å²) in [7, 11) is 1.90. The summed E-state index contributed by atoms with van der Waals surface area (Å²) >= 11 is 0. The Balaban J connectivity index is 0.000000365. The minimum absolute atomic E-state index is 0.713. The van der Waals surface area contributed by atoms with E-state index in [2.05, 4.69) is 31.3 Å². The van der Waals surface area contributed by atoms with Crippen LogP contribution in [0.5, 0.6) is 0 Å². The van der Waals surface area contributed by atoms with Gasteiger partial charge in [0.1, 0.15) is 0 Å². The zero-order chi connectivity index (χ0) is 17.3. The van der Waals surface area contributed by atoms with E-state index in [0.29, 0.717) is 5.56 Å². The SMILES string of the molecule is CCC.CNCc1ccc(C#N)cc1.N#CCC1CCCCC1. The highest BCUT2D eigenvalue weighted by molar-refractivity contribution is 5.31. The molecule has 0 bridgehead atoms.